The van der Waals surface area contributed by atoms with Crippen LogP contribution in [-0.4, -0.2) is 34.8 Å². The zero-order valence-corrected chi connectivity index (χ0v) is 9.79. The first-order valence-electron chi connectivity index (χ1n) is 4.80. The van der Waals surface area contributed by atoms with Gasteiger partial charge < -0.3 is 14.3 Å². The molecular weight excluding hydrogens is 232 g/mol. The van der Waals surface area contributed by atoms with Gasteiger partial charge in [-0.3, -0.25) is 4.21 Å². The average Bonchev–Trinajstić information content (AvgIpc) is 2.73. The quantitative estimate of drug-likeness (QED) is 0.747. The van der Waals surface area contributed by atoms with E-state index >= 15 is 0 Å². The van der Waals surface area contributed by atoms with Crippen molar-refractivity contribution in [2.45, 2.75) is 12.2 Å². The van der Waals surface area contributed by atoms with Gasteiger partial charge in [-0.15, -0.1) is 0 Å². The lowest BCUT2D eigenvalue weighted by Gasteiger charge is -1.98. The molecule has 16 heavy (non-hydrogen) atoms. The fraction of sp³-hybridized carbons (Fsp3) is 0.500. The number of ether oxygens (including phenoxy) is 1. The number of rotatable bonds is 6. The van der Waals surface area contributed by atoms with Gasteiger partial charge in [-0.05, 0) is 18.6 Å². The molecule has 1 heterocycles. The highest BCUT2D eigenvalue weighted by atomic mass is 32.2. The Morgan fingerprint density at radius 2 is 2.31 bits per heavy atom. The number of aliphatic hydroxyl groups excluding tert-OH is 1. The average molecular weight is 246 g/mol. The Labute approximate surface area is 95.9 Å². The van der Waals surface area contributed by atoms with Crippen molar-refractivity contribution in [3.63, 3.8) is 0 Å². The van der Waals surface area contributed by atoms with Crippen molar-refractivity contribution < 1.29 is 23.3 Å². The Balaban J connectivity index is 2.52. The van der Waals surface area contributed by atoms with Crippen LogP contribution in [0.5, 0.6) is 0 Å². The maximum atomic E-state index is 11.4. The Hall–Kier alpha value is -1.14. The number of methoxy groups -OCH3 is 1. The third kappa shape index (κ3) is 3.79. The molecule has 0 aliphatic carbocycles. The fourth-order valence-corrected chi connectivity index (χ4v) is 2.19. The molecule has 1 aromatic heterocycles. The smallest absolute Gasteiger partial charge is 0.373 e. The molecule has 0 amide bonds. The molecule has 0 saturated carbocycles. The molecule has 1 rings (SSSR count). The van der Waals surface area contributed by atoms with Gasteiger partial charge in [0.05, 0.1) is 12.9 Å². The minimum Gasteiger partial charge on any atom is -0.463 e. The van der Waals surface area contributed by atoms with Crippen LogP contribution in [0, 0.1) is 0 Å². The summed E-state index contributed by atoms with van der Waals surface area (Å²) in [5.74, 6) is 0.711. The van der Waals surface area contributed by atoms with E-state index in [4.69, 9.17) is 9.52 Å². The van der Waals surface area contributed by atoms with Gasteiger partial charge in [-0.1, -0.05) is 0 Å². The highest BCUT2D eigenvalue weighted by Crippen LogP contribution is 2.11. The molecule has 90 valence electrons. The van der Waals surface area contributed by atoms with Gasteiger partial charge in [0, 0.05) is 23.2 Å². The summed E-state index contributed by atoms with van der Waals surface area (Å²) in [6.45, 7) is 0.0251. The minimum atomic E-state index is -1.08. The first-order valence-corrected chi connectivity index (χ1v) is 6.29. The molecule has 6 heteroatoms. The van der Waals surface area contributed by atoms with E-state index in [0.29, 0.717) is 17.9 Å². The van der Waals surface area contributed by atoms with Crippen LogP contribution < -0.4 is 0 Å². The maximum absolute atomic E-state index is 11.4. The molecule has 0 fully saturated rings. The van der Waals surface area contributed by atoms with Crippen molar-refractivity contribution in [1.29, 1.82) is 0 Å². The number of carbonyl (C=O) groups excluding carboxylic acids is 1. The van der Waals surface area contributed by atoms with Crippen LogP contribution in [0.4, 0.5) is 0 Å². The van der Waals surface area contributed by atoms with Crippen LogP contribution >= 0.6 is 0 Å². The second-order valence-corrected chi connectivity index (χ2v) is 4.70. The third-order valence-corrected chi connectivity index (χ3v) is 3.23. The standard InChI is InChI=1S/C10H14O5S/c1-14-10(12)9-4-3-8(15-9)7-16(13)6-2-5-11/h3-4,11H,2,5-7H2,1H3. The summed E-state index contributed by atoms with van der Waals surface area (Å²) < 4.78 is 21.1. The molecule has 0 spiro atoms. The molecule has 1 unspecified atom stereocenters. The molecule has 0 bridgehead atoms. The van der Waals surface area contributed by atoms with E-state index < -0.39 is 16.8 Å². The fourth-order valence-electron chi connectivity index (χ4n) is 1.12. The van der Waals surface area contributed by atoms with Gasteiger partial charge in [0.1, 0.15) is 5.76 Å². The van der Waals surface area contributed by atoms with Crippen molar-refractivity contribution in [3.8, 4) is 0 Å². The van der Waals surface area contributed by atoms with E-state index in [0.717, 1.165) is 0 Å². The Morgan fingerprint density at radius 3 is 2.94 bits per heavy atom. The largest absolute Gasteiger partial charge is 0.463 e. The van der Waals surface area contributed by atoms with Crippen LogP contribution in [0.15, 0.2) is 16.5 Å². The summed E-state index contributed by atoms with van der Waals surface area (Å²) in [7, 11) is 0.189. The molecule has 0 saturated heterocycles. The molecule has 0 aromatic carbocycles. The van der Waals surface area contributed by atoms with Gasteiger partial charge in [-0.2, -0.15) is 0 Å². The van der Waals surface area contributed by atoms with Crippen LogP contribution in [0.25, 0.3) is 0 Å². The van der Waals surface area contributed by atoms with Crippen molar-refractivity contribution in [3.05, 3.63) is 23.7 Å². The summed E-state index contributed by atoms with van der Waals surface area (Å²) in [6, 6.07) is 3.09. The molecule has 0 aliphatic heterocycles. The number of aliphatic hydroxyl groups is 1. The number of esters is 1. The minimum absolute atomic E-state index is 0.0251. The van der Waals surface area contributed by atoms with Gasteiger partial charge >= 0.3 is 5.97 Å². The third-order valence-electron chi connectivity index (χ3n) is 1.88. The lowest BCUT2D eigenvalue weighted by atomic mass is 10.4. The summed E-state index contributed by atoms with van der Waals surface area (Å²) in [6.07, 6.45) is 0.497. The van der Waals surface area contributed by atoms with Gasteiger partial charge in [-0.25, -0.2) is 4.79 Å². The van der Waals surface area contributed by atoms with E-state index in [2.05, 4.69) is 4.74 Å². The SMILES string of the molecule is COC(=O)c1ccc(CS(=O)CCCO)o1. The molecular formula is C10H14O5S. The lowest BCUT2D eigenvalue weighted by Crippen LogP contribution is -2.02. The zero-order valence-electron chi connectivity index (χ0n) is 8.97. The molecule has 1 N–H and O–H groups in total. The van der Waals surface area contributed by atoms with E-state index in [-0.39, 0.29) is 18.1 Å². The predicted octanol–water partition coefficient (Wildman–Crippen LogP) is 0.697. The van der Waals surface area contributed by atoms with E-state index in [1.54, 1.807) is 6.07 Å². The van der Waals surface area contributed by atoms with Gasteiger partial charge in [0.25, 0.3) is 0 Å². The van der Waals surface area contributed by atoms with Crippen molar-refractivity contribution in [2.24, 2.45) is 0 Å². The van der Waals surface area contributed by atoms with Crippen LogP contribution in [-0.2, 0) is 21.3 Å². The molecule has 1 atom stereocenters. The van der Waals surface area contributed by atoms with Gasteiger partial charge in [0.2, 0.25) is 5.76 Å². The van der Waals surface area contributed by atoms with Crippen molar-refractivity contribution in [2.75, 3.05) is 19.5 Å². The topological polar surface area (TPSA) is 76.7 Å². The van der Waals surface area contributed by atoms with Crippen LogP contribution in [0.2, 0.25) is 0 Å². The second-order valence-electron chi connectivity index (χ2n) is 3.12. The highest BCUT2D eigenvalue weighted by Gasteiger charge is 2.12. The monoisotopic (exact) mass is 246 g/mol. The molecule has 0 aliphatic rings. The van der Waals surface area contributed by atoms with E-state index in [9.17, 15) is 9.00 Å². The Morgan fingerprint density at radius 1 is 1.56 bits per heavy atom. The van der Waals surface area contributed by atoms with Gasteiger partial charge in [0.15, 0.2) is 0 Å². The molecule has 1 aromatic rings. The lowest BCUT2D eigenvalue weighted by molar-refractivity contribution is 0.0563. The summed E-state index contributed by atoms with van der Waals surface area (Å²) in [5, 5.41) is 8.57. The number of furan rings is 1. The van der Waals surface area contributed by atoms with Crippen LogP contribution in [0.1, 0.15) is 22.7 Å². The maximum Gasteiger partial charge on any atom is 0.373 e. The Bertz CT molecular complexity index is 371. The summed E-state index contributed by atoms with van der Waals surface area (Å²) in [5.41, 5.74) is 0. The van der Waals surface area contributed by atoms with Crippen LogP contribution in [0.3, 0.4) is 0 Å². The predicted molar refractivity (Wildman–Crippen MR) is 58.5 cm³/mol. The number of hydrogen-bond donors (Lipinski definition) is 1. The number of carbonyl (C=O) groups is 1. The van der Waals surface area contributed by atoms with Crippen molar-refractivity contribution in [1.82, 2.24) is 0 Å². The van der Waals surface area contributed by atoms with E-state index in [1.165, 1.54) is 13.2 Å². The molecule has 0 radical (unpaired) electrons. The summed E-state index contributed by atoms with van der Waals surface area (Å²) in [4.78, 5) is 11.1. The molecule has 5 nitrogen and oxygen atoms in total. The number of hydrogen-bond acceptors (Lipinski definition) is 5. The first kappa shape index (κ1) is 12.9. The Kier molecular flexibility index (Phi) is 5.21. The normalized spacial score (nSPS) is 12.4. The van der Waals surface area contributed by atoms with E-state index in [1.807, 2.05) is 0 Å². The first-order chi connectivity index (χ1) is 7.67. The zero-order chi connectivity index (χ0) is 12.0. The highest BCUT2D eigenvalue weighted by molar-refractivity contribution is 7.84. The second kappa shape index (κ2) is 6.44. The summed E-state index contributed by atoms with van der Waals surface area (Å²) >= 11 is 0. The van der Waals surface area contributed by atoms with Crippen molar-refractivity contribution >= 4 is 16.8 Å².